The van der Waals surface area contributed by atoms with Gasteiger partial charge in [-0.05, 0) is 95.8 Å². The second-order valence-electron chi connectivity index (χ2n) is 15.7. The Bertz CT molecular complexity index is 3300. The zero-order chi connectivity index (χ0) is 43.1. The minimum atomic E-state index is -5.16. The Labute approximate surface area is 351 Å². The molecule has 8 aromatic carbocycles. The Hall–Kier alpha value is -7.57. The van der Waals surface area contributed by atoms with Crippen LogP contribution in [-0.4, -0.2) is 9.13 Å². The summed E-state index contributed by atoms with van der Waals surface area (Å²) < 4.78 is 91.1. The van der Waals surface area contributed by atoms with Gasteiger partial charge in [0.25, 0.3) is 0 Å². The molecule has 0 aliphatic carbocycles. The van der Waals surface area contributed by atoms with E-state index in [2.05, 4.69) is 18.2 Å². The van der Waals surface area contributed by atoms with Gasteiger partial charge in [-0.15, -0.1) is 0 Å². The number of halogens is 6. The first-order valence-electron chi connectivity index (χ1n) is 19.9. The van der Waals surface area contributed by atoms with Gasteiger partial charge in [-0.25, -0.2) is 0 Å². The Morgan fingerprint density at radius 2 is 0.887 bits per heavy atom. The minimum absolute atomic E-state index is 0.0170. The van der Waals surface area contributed by atoms with Gasteiger partial charge in [0, 0.05) is 21.5 Å². The number of hydrogen-bond donors (Lipinski definition) is 0. The number of para-hydroxylation sites is 2. The molecule has 0 radical (unpaired) electrons. The molecule has 0 aliphatic rings. The SMILES string of the molecule is Cc1cccc(-c2ccc3c4ccccc4n(-c4cc(-c5ccc(C(F)(F)F)cc5C(F)(F)F)cc(-n5c6ccccc6c6ccc(-c7cccc(C)c7)cc65)c4C#N)c3c2)c1. The second kappa shape index (κ2) is 14.3. The van der Waals surface area contributed by atoms with Crippen molar-refractivity contribution in [2.24, 2.45) is 0 Å². The fraction of sp³-hybridized carbons (Fsp3) is 0.0755. The molecule has 0 fully saturated rings. The summed E-state index contributed by atoms with van der Waals surface area (Å²) in [7, 11) is 0. The number of nitrogens with zero attached hydrogens (tertiary/aromatic N) is 3. The Morgan fingerprint density at radius 1 is 0.419 bits per heavy atom. The van der Waals surface area contributed by atoms with Crippen LogP contribution in [0, 0.1) is 25.2 Å². The van der Waals surface area contributed by atoms with Crippen molar-refractivity contribution in [3.63, 3.8) is 0 Å². The number of fused-ring (bicyclic) bond motifs is 6. The van der Waals surface area contributed by atoms with E-state index >= 15 is 13.2 Å². The number of alkyl halides is 6. The van der Waals surface area contributed by atoms with E-state index in [1.54, 1.807) is 0 Å². The van der Waals surface area contributed by atoms with Gasteiger partial charge in [-0.3, -0.25) is 0 Å². The van der Waals surface area contributed by atoms with E-state index in [-0.39, 0.29) is 28.6 Å². The van der Waals surface area contributed by atoms with Gasteiger partial charge >= 0.3 is 12.4 Å². The summed E-state index contributed by atoms with van der Waals surface area (Å²) in [4.78, 5) is 0. The summed E-state index contributed by atoms with van der Waals surface area (Å²) in [5.74, 6) is 0. The van der Waals surface area contributed by atoms with Gasteiger partial charge in [0.2, 0.25) is 0 Å². The topological polar surface area (TPSA) is 33.6 Å². The van der Waals surface area contributed by atoms with Crippen molar-refractivity contribution in [2.75, 3.05) is 0 Å². The largest absolute Gasteiger partial charge is 0.417 e. The molecular formula is C53H33F6N3. The monoisotopic (exact) mass is 825 g/mol. The third-order valence-electron chi connectivity index (χ3n) is 11.7. The van der Waals surface area contributed by atoms with Gasteiger partial charge < -0.3 is 9.13 Å². The Balaban J connectivity index is 1.36. The van der Waals surface area contributed by atoms with E-state index in [0.717, 1.165) is 61.0 Å². The molecule has 0 saturated heterocycles. The number of aromatic nitrogens is 2. The van der Waals surface area contributed by atoms with Crippen LogP contribution in [-0.2, 0) is 12.4 Å². The number of rotatable bonds is 5. The number of nitriles is 1. The van der Waals surface area contributed by atoms with Gasteiger partial charge in [0.15, 0.2) is 0 Å². The molecular weight excluding hydrogens is 793 g/mol. The zero-order valence-corrected chi connectivity index (χ0v) is 33.2. The van der Waals surface area contributed by atoms with Gasteiger partial charge in [-0.1, -0.05) is 126 Å². The van der Waals surface area contributed by atoms with E-state index < -0.39 is 29.0 Å². The van der Waals surface area contributed by atoms with E-state index in [1.165, 1.54) is 12.1 Å². The third kappa shape index (κ3) is 6.38. The molecule has 0 amide bonds. The molecule has 2 aromatic heterocycles. The molecule has 0 bridgehead atoms. The van der Waals surface area contributed by atoms with E-state index in [1.807, 2.05) is 144 Å². The van der Waals surface area contributed by atoms with Gasteiger partial charge in [-0.2, -0.15) is 31.6 Å². The summed E-state index contributed by atoms with van der Waals surface area (Å²) in [5.41, 5.74) is 5.90. The summed E-state index contributed by atoms with van der Waals surface area (Å²) in [6, 6.07) is 50.4. The smallest absolute Gasteiger partial charge is 0.308 e. The molecule has 0 unspecified atom stereocenters. The minimum Gasteiger partial charge on any atom is -0.308 e. The molecule has 10 rings (SSSR count). The van der Waals surface area contributed by atoms with E-state index in [9.17, 15) is 18.4 Å². The highest BCUT2D eigenvalue weighted by Gasteiger charge is 2.39. The van der Waals surface area contributed by atoms with Crippen LogP contribution >= 0.6 is 0 Å². The van der Waals surface area contributed by atoms with E-state index in [0.29, 0.717) is 28.1 Å². The summed E-state index contributed by atoms with van der Waals surface area (Å²) in [6.07, 6.45) is -10.2. The van der Waals surface area contributed by atoms with Crippen molar-refractivity contribution >= 4 is 43.6 Å². The van der Waals surface area contributed by atoms with Crippen molar-refractivity contribution in [3.8, 4) is 50.8 Å². The molecule has 9 heteroatoms. The molecule has 10 aromatic rings. The third-order valence-corrected chi connectivity index (χ3v) is 11.7. The van der Waals surface area contributed by atoms with Crippen LogP contribution < -0.4 is 0 Å². The van der Waals surface area contributed by atoms with Crippen LogP contribution in [0.2, 0.25) is 0 Å². The maximum Gasteiger partial charge on any atom is 0.417 e. The Kier molecular flexibility index (Phi) is 8.89. The van der Waals surface area contributed by atoms with Crippen LogP contribution in [0.25, 0.3) is 88.4 Å². The van der Waals surface area contributed by atoms with E-state index in [4.69, 9.17) is 0 Å². The quantitative estimate of drug-likeness (QED) is 0.159. The standard InChI is InChI=1S/C53H33F6N3/c1-31-9-7-11-33(23-31)35-17-20-42-40-13-3-5-15-46(40)61(48(42)25-35)50-27-37(39-22-19-38(52(54,55)56)29-45(39)53(57,58)59)28-51(44(50)30-60)62-47-16-6-4-14-41(47)43-21-18-36(26-49(43)62)34-12-8-10-32(2)24-34/h3-29H,1-2H3. The van der Waals surface area contributed by atoms with Gasteiger partial charge in [0.1, 0.15) is 11.6 Å². The predicted octanol–water partition coefficient (Wildman–Crippen LogP) is 15.4. The highest BCUT2D eigenvalue weighted by Crippen LogP contribution is 2.45. The first-order valence-corrected chi connectivity index (χ1v) is 19.9. The lowest BCUT2D eigenvalue weighted by Gasteiger charge is -2.21. The lowest BCUT2D eigenvalue weighted by molar-refractivity contribution is -0.142. The maximum absolute atomic E-state index is 15.1. The van der Waals surface area contributed by atoms with Crippen LogP contribution in [0.15, 0.2) is 164 Å². The summed E-state index contributed by atoms with van der Waals surface area (Å²) in [5, 5.41) is 14.8. The lowest BCUT2D eigenvalue weighted by atomic mass is 9.94. The lowest BCUT2D eigenvalue weighted by Crippen LogP contribution is -2.12. The van der Waals surface area contributed by atoms with Crippen LogP contribution in [0.5, 0.6) is 0 Å². The van der Waals surface area contributed by atoms with Crippen molar-refractivity contribution in [1.82, 2.24) is 9.13 Å². The van der Waals surface area contributed by atoms with Crippen molar-refractivity contribution in [1.29, 1.82) is 5.26 Å². The molecule has 2 heterocycles. The molecule has 0 aliphatic heterocycles. The first kappa shape index (κ1) is 38.6. The average Bonchev–Trinajstić information content (AvgIpc) is 3.77. The van der Waals surface area contributed by atoms with Crippen LogP contribution in [0.4, 0.5) is 26.3 Å². The summed E-state index contributed by atoms with van der Waals surface area (Å²) in [6.45, 7) is 4.00. The second-order valence-corrected chi connectivity index (χ2v) is 15.7. The molecule has 62 heavy (non-hydrogen) atoms. The zero-order valence-electron chi connectivity index (χ0n) is 33.2. The molecule has 0 N–H and O–H groups in total. The fourth-order valence-corrected chi connectivity index (χ4v) is 8.91. The molecule has 302 valence electrons. The number of hydrogen-bond acceptors (Lipinski definition) is 1. The number of aryl methyl sites for hydroxylation is 2. The van der Waals surface area contributed by atoms with Gasteiger partial charge in [0.05, 0.1) is 44.6 Å². The van der Waals surface area contributed by atoms with Crippen molar-refractivity contribution in [3.05, 3.63) is 192 Å². The predicted molar refractivity (Wildman–Crippen MR) is 236 cm³/mol. The highest BCUT2D eigenvalue weighted by atomic mass is 19.4. The Morgan fingerprint density at radius 3 is 1.34 bits per heavy atom. The molecule has 0 saturated carbocycles. The molecule has 0 atom stereocenters. The normalized spacial score (nSPS) is 12.2. The van der Waals surface area contributed by atoms with Crippen molar-refractivity contribution < 1.29 is 26.3 Å². The highest BCUT2D eigenvalue weighted by molar-refractivity contribution is 6.12. The number of benzene rings is 8. The van der Waals surface area contributed by atoms with Crippen LogP contribution in [0.1, 0.15) is 27.8 Å². The first-order chi connectivity index (χ1) is 29.8. The average molecular weight is 826 g/mol. The van der Waals surface area contributed by atoms with Crippen molar-refractivity contribution in [2.45, 2.75) is 26.2 Å². The maximum atomic E-state index is 15.1. The fourth-order valence-electron chi connectivity index (χ4n) is 8.91. The molecule has 3 nitrogen and oxygen atoms in total. The van der Waals surface area contributed by atoms with Crippen LogP contribution in [0.3, 0.4) is 0 Å². The summed E-state index contributed by atoms with van der Waals surface area (Å²) >= 11 is 0. The molecule has 0 spiro atoms.